The molecule has 4 heteroatoms. The molecule has 0 saturated carbocycles. The van der Waals surface area contributed by atoms with Crippen molar-refractivity contribution in [2.45, 2.75) is 33.2 Å². The molecular weight excluding hydrogens is 321 g/mol. The van der Waals surface area contributed by atoms with E-state index in [0.29, 0.717) is 10.5 Å². The predicted octanol–water partition coefficient (Wildman–Crippen LogP) is 4.70. The Bertz CT molecular complexity index is 594. The summed E-state index contributed by atoms with van der Waals surface area (Å²) >= 11 is 3.22. The van der Waals surface area contributed by atoms with Gasteiger partial charge in [-0.15, -0.1) is 0 Å². The third kappa shape index (κ3) is 3.49. The van der Waals surface area contributed by atoms with Crippen molar-refractivity contribution in [1.29, 1.82) is 0 Å². The Kier molecular flexibility index (Phi) is 5.00. The molecule has 0 aliphatic carbocycles. The highest BCUT2D eigenvalue weighted by Gasteiger charge is 2.12. The number of benzene rings is 1. The summed E-state index contributed by atoms with van der Waals surface area (Å²) in [5.74, 6) is 1.47. The van der Waals surface area contributed by atoms with E-state index in [2.05, 4.69) is 35.1 Å². The van der Waals surface area contributed by atoms with Crippen molar-refractivity contribution in [1.82, 2.24) is 5.32 Å². The van der Waals surface area contributed by atoms with E-state index in [1.807, 2.05) is 19.1 Å². The average Bonchev–Trinajstić information content (AvgIpc) is 2.82. The first-order valence-electron chi connectivity index (χ1n) is 6.79. The Balaban J connectivity index is 2.22. The van der Waals surface area contributed by atoms with Crippen LogP contribution in [0.1, 0.15) is 25.2 Å². The normalized spacial score (nSPS) is 12.7. The van der Waals surface area contributed by atoms with Crippen molar-refractivity contribution in [3.63, 3.8) is 0 Å². The van der Waals surface area contributed by atoms with Gasteiger partial charge in [0.1, 0.15) is 17.3 Å². The summed E-state index contributed by atoms with van der Waals surface area (Å²) in [6.07, 6.45) is 0.843. The van der Waals surface area contributed by atoms with Crippen molar-refractivity contribution in [2.75, 3.05) is 6.54 Å². The van der Waals surface area contributed by atoms with Gasteiger partial charge in [-0.2, -0.15) is 0 Å². The van der Waals surface area contributed by atoms with Crippen molar-refractivity contribution >= 4 is 15.9 Å². The first kappa shape index (κ1) is 15.3. The summed E-state index contributed by atoms with van der Waals surface area (Å²) in [6.45, 7) is 7.04. The molecule has 1 N–H and O–H groups in total. The average molecular weight is 340 g/mol. The van der Waals surface area contributed by atoms with Crippen LogP contribution in [0.4, 0.5) is 4.39 Å². The highest BCUT2D eigenvalue weighted by Crippen LogP contribution is 2.30. The Labute approximate surface area is 127 Å². The molecule has 0 saturated heterocycles. The lowest BCUT2D eigenvalue weighted by molar-refractivity contribution is 0.470. The topological polar surface area (TPSA) is 25.2 Å². The number of hydrogen-bond donors (Lipinski definition) is 1. The van der Waals surface area contributed by atoms with Gasteiger partial charge >= 0.3 is 0 Å². The van der Waals surface area contributed by atoms with Gasteiger partial charge in [-0.05, 0) is 66.2 Å². The second-order valence-corrected chi connectivity index (χ2v) is 5.86. The van der Waals surface area contributed by atoms with Crippen LogP contribution in [0.15, 0.2) is 33.2 Å². The molecule has 2 nitrogen and oxygen atoms in total. The SMILES string of the molecule is CCNC(C)Cc1ccc(-c2cc(Br)c(F)cc2C)o1. The van der Waals surface area contributed by atoms with E-state index in [9.17, 15) is 4.39 Å². The lowest BCUT2D eigenvalue weighted by Gasteiger charge is -2.10. The molecule has 0 bridgehead atoms. The number of halogens is 2. The van der Waals surface area contributed by atoms with Crippen molar-refractivity contribution in [2.24, 2.45) is 0 Å². The summed E-state index contributed by atoms with van der Waals surface area (Å²) in [4.78, 5) is 0. The fraction of sp³-hybridized carbons (Fsp3) is 0.375. The molecule has 0 spiro atoms. The lowest BCUT2D eigenvalue weighted by Crippen LogP contribution is -2.27. The van der Waals surface area contributed by atoms with E-state index in [1.165, 1.54) is 6.07 Å². The molecule has 0 fully saturated rings. The van der Waals surface area contributed by atoms with E-state index >= 15 is 0 Å². The number of hydrogen-bond acceptors (Lipinski definition) is 2. The van der Waals surface area contributed by atoms with E-state index in [1.54, 1.807) is 6.07 Å². The van der Waals surface area contributed by atoms with Crippen LogP contribution in [0.25, 0.3) is 11.3 Å². The van der Waals surface area contributed by atoms with Gasteiger partial charge < -0.3 is 9.73 Å². The predicted molar refractivity (Wildman–Crippen MR) is 83.4 cm³/mol. The van der Waals surface area contributed by atoms with Crippen LogP contribution in [-0.4, -0.2) is 12.6 Å². The fourth-order valence-electron chi connectivity index (χ4n) is 2.27. The Hall–Kier alpha value is -1.13. The molecule has 2 aromatic rings. The highest BCUT2D eigenvalue weighted by atomic mass is 79.9. The summed E-state index contributed by atoms with van der Waals surface area (Å²) in [7, 11) is 0. The van der Waals surface area contributed by atoms with Gasteiger partial charge in [-0.3, -0.25) is 0 Å². The lowest BCUT2D eigenvalue weighted by atomic mass is 10.1. The van der Waals surface area contributed by atoms with Crippen LogP contribution in [0, 0.1) is 12.7 Å². The largest absolute Gasteiger partial charge is 0.461 e. The molecule has 0 amide bonds. The van der Waals surface area contributed by atoms with Gasteiger partial charge in [0.05, 0.1) is 4.47 Å². The summed E-state index contributed by atoms with van der Waals surface area (Å²) in [5.41, 5.74) is 1.78. The first-order valence-corrected chi connectivity index (χ1v) is 7.58. The maximum absolute atomic E-state index is 13.5. The Morgan fingerprint density at radius 2 is 2.10 bits per heavy atom. The first-order chi connectivity index (χ1) is 9.51. The molecule has 1 aromatic carbocycles. The van der Waals surface area contributed by atoms with Crippen LogP contribution in [0.3, 0.4) is 0 Å². The van der Waals surface area contributed by atoms with Crippen LogP contribution in [-0.2, 0) is 6.42 Å². The van der Waals surface area contributed by atoms with E-state index in [0.717, 1.165) is 35.6 Å². The third-order valence-electron chi connectivity index (χ3n) is 3.25. The zero-order valence-electron chi connectivity index (χ0n) is 12.0. The molecule has 20 heavy (non-hydrogen) atoms. The summed E-state index contributed by atoms with van der Waals surface area (Å²) < 4.78 is 19.8. The molecule has 0 aliphatic rings. The monoisotopic (exact) mass is 339 g/mol. The van der Waals surface area contributed by atoms with E-state index in [4.69, 9.17) is 4.42 Å². The third-order valence-corrected chi connectivity index (χ3v) is 3.86. The van der Waals surface area contributed by atoms with Crippen LogP contribution >= 0.6 is 15.9 Å². The standard InChI is InChI=1S/C16H19BrFNO/c1-4-19-11(3)8-12-5-6-16(20-12)13-9-14(17)15(18)7-10(13)2/h5-7,9,11,19H,4,8H2,1-3H3. The number of aryl methyl sites for hydroxylation is 1. The molecule has 0 radical (unpaired) electrons. The van der Waals surface area contributed by atoms with Gasteiger partial charge in [0.15, 0.2) is 0 Å². The van der Waals surface area contributed by atoms with Crippen LogP contribution in [0.2, 0.25) is 0 Å². The molecule has 1 atom stereocenters. The minimum absolute atomic E-state index is 0.251. The molecule has 2 rings (SSSR count). The zero-order valence-corrected chi connectivity index (χ0v) is 13.6. The van der Waals surface area contributed by atoms with E-state index < -0.39 is 0 Å². The molecular formula is C16H19BrFNO. The fourth-order valence-corrected chi connectivity index (χ4v) is 2.61. The minimum atomic E-state index is -0.251. The van der Waals surface area contributed by atoms with Crippen LogP contribution in [0.5, 0.6) is 0 Å². The highest BCUT2D eigenvalue weighted by molar-refractivity contribution is 9.10. The Morgan fingerprint density at radius 3 is 2.80 bits per heavy atom. The summed E-state index contributed by atoms with van der Waals surface area (Å²) in [6, 6.07) is 7.59. The van der Waals surface area contributed by atoms with Gasteiger partial charge in [0, 0.05) is 18.0 Å². The number of nitrogens with one attached hydrogen (secondary N) is 1. The molecule has 1 heterocycles. The molecule has 1 aromatic heterocycles. The number of rotatable bonds is 5. The maximum atomic E-state index is 13.5. The van der Waals surface area contributed by atoms with Gasteiger partial charge in [0.2, 0.25) is 0 Å². The van der Waals surface area contributed by atoms with Gasteiger partial charge in [-0.25, -0.2) is 4.39 Å². The quantitative estimate of drug-likeness (QED) is 0.854. The number of furan rings is 1. The molecule has 1 unspecified atom stereocenters. The van der Waals surface area contributed by atoms with Crippen LogP contribution < -0.4 is 5.32 Å². The van der Waals surface area contributed by atoms with Crippen molar-refractivity contribution < 1.29 is 8.81 Å². The minimum Gasteiger partial charge on any atom is -0.461 e. The van der Waals surface area contributed by atoms with Crippen molar-refractivity contribution in [3.8, 4) is 11.3 Å². The number of likely N-dealkylation sites (N-methyl/N-ethyl adjacent to an activating group) is 1. The van der Waals surface area contributed by atoms with E-state index in [-0.39, 0.29) is 5.82 Å². The van der Waals surface area contributed by atoms with Gasteiger partial charge in [-0.1, -0.05) is 6.92 Å². The summed E-state index contributed by atoms with van der Waals surface area (Å²) in [5, 5.41) is 3.35. The maximum Gasteiger partial charge on any atom is 0.137 e. The zero-order chi connectivity index (χ0) is 14.7. The Morgan fingerprint density at radius 1 is 1.35 bits per heavy atom. The molecule has 108 valence electrons. The second-order valence-electron chi connectivity index (χ2n) is 5.01. The molecule has 0 aliphatic heterocycles. The van der Waals surface area contributed by atoms with Crippen molar-refractivity contribution in [3.05, 3.63) is 45.9 Å². The van der Waals surface area contributed by atoms with Gasteiger partial charge in [0.25, 0.3) is 0 Å². The smallest absolute Gasteiger partial charge is 0.137 e. The second kappa shape index (κ2) is 6.55.